The summed E-state index contributed by atoms with van der Waals surface area (Å²) in [5.74, 6) is 0. The molecule has 0 aliphatic carbocycles. The lowest BCUT2D eigenvalue weighted by Gasteiger charge is -2.20. The van der Waals surface area contributed by atoms with Gasteiger partial charge in [-0.15, -0.1) is 0 Å². The maximum absolute atomic E-state index is 6.26. The summed E-state index contributed by atoms with van der Waals surface area (Å²) in [5, 5.41) is 10.2. The van der Waals surface area contributed by atoms with Crippen LogP contribution in [0.2, 0.25) is 0 Å². The summed E-state index contributed by atoms with van der Waals surface area (Å²) >= 11 is 0. The number of aromatic nitrogens is 2. The van der Waals surface area contributed by atoms with Gasteiger partial charge in [0.15, 0.2) is 0 Å². The number of anilines is 4. The van der Waals surface area contributed by atoms with E-state index in [2.05, 4.69) is 243 Å². The molecule has 19 rings (SSSR count). The second-order valence-electron chi connectivity index (χ2n) is 21.9. The lowest BCUT2D eigenvalue weighted by Crippen LogP contribution is -2.22. The molecule has 4 aliphatic rings. The third-order valence-electron chi connectivity index (χ3n) is 17.9. The molecular formula is C74H54N4O. The van der Waals surface area contributed by atoms with Gasteiger partial charge in [0.1, 0.15) is 11.2 Å². The molecule has 0 spiro atoms. The molecule has 11 aromatic carbocycles. The number of furan rings is 1. The Morgan fingerprint density at radius 1 is 0.316 bits per heavy atom. The summed E-state index contributed by atoms with van der Waals surface area (Å²) in [7, 11) is 0. The number of nitrogens with zero attached hydrogens (tertiary/aromatic N) is 4. The van der Waals surface area contributed by atoms with E-state index in [0.29, 0.717) is 12.1 Å². The van der Waals surface area contributed by atoms with Crippen molar-refractivity contribution in [3.8, 4) is 27.9 Å². The summed E-state index contributed by atoms with van der Waals surface area (Å²) in [6.45, 7) is 4.00. The molecule has 0 bridgehead atoms. The van der Waals surface area contributed by atoms with Gasteiger partial charge < -0.3 is 23.2 Å². The first-order valence-electron chi connectivity index (χ1n) is 28.3. The Morgan fingerprint density at radius 3 is 1.47 bits per heavy atom. The van der Waals surface area contributed by atoms with Gasteiger partial charge in [0, 0.05) is 72.5 Å². The van der Waals surface area contributed by atoms with Crippen molar-refractivity contribution < 1.29 is 4.42 Å². The number of rotatable bonds is 3. The monoisotopic (exact) mass is 1010 g/mol. The maximum Gasteiger partial charge on any atom is 0.137 e. The fourth-order valence-electron chi connectivity index (χ4n) is 14.7. The Balaban J connectivity index is 0.000000125. The second-order valence-corrected chi connectivity index (χ2v) is 21.9. The predicted molar refractivity (Wildman–Crippen MR) is 331 cm³/mol. The van der Waals surface area contributed by atoms with E-state index in [1.54, 1.807) is 0 Å². The number of hydrogen-bond donors (Lipinski definition) is 0. The highest BCUT2D eigenvalue weighted by Crippen LogP contribution is 2.50. The van der Waals surface area contributed by atoms with Gasteiger partial charge in [-0.05, 0) is 155 Å². The average Bonchev–Trinajstić information content (AvgIpc) is 4.59. The Hall–Kier alpha value is -9.58. The molecule has 5 heteroatoms. The average molecular weight is 1020 g/mol. The molecule has 4 aliphatic heterocycles. The van der Waals surface area contributed by atoms with Crippen molar-refractivity contribution in [3.05, 3.63) is 253 Å². The predicted octanol–water partition coefficient (Wildman–Crippen LogP) is 19.1. The van der Waals surface area contributed by atoms with Gasteiger partial charge in [-0.3, -0.25) is 0 Å². The van der Waals surface area contributed by atoms with Crippen LogP contribution in [0.25, 0.3) is 110 Å². The smallest absolute Gasteiger partial charge is 0.137 e. The zero-order valence-corrected chi connectivity index (χ0v) is 44.1. The van der Waals surface area contributed by atoms with E-state index >= 15 is 0 Å². The zero-order chi connectivity index (χ0) is 52.0. The maximum atomic E-state index is 6.26. The summed E-state index contributed by atoms with van der Waals surface area (Å²) in [6, 6.07) is 86.0. The normalized spacial score (nSPS) is 15.7. The lowest BCUT2D eigenvalue weighted by atomic mass is 9.98. The van der Waals surface area contributed by atoms with Crippen LogP contribution in [0.5, 0.6) is 0 Å². The van der Waals surface area contributed by atoms with E-state index in [1.807, 2.05) is 19.9 Å². The SMILES string of the molecule is CC.c1ccc2c(c1)CC1Cc3cc(-c4ccc5c(c4)c4ccccc4n5-c4cccc5oc6ccccc6c45)ccc3N21.c1ccc2c(c1)CC1Cc3cc(-c4ccc5c6cccc7c8ccccc8n(c5c4)c76)ccc3N21. The van der Waals surface area contributed by atoms with E-state index in [-0.39, 0.29) is 0 Å². The third-order valence-corrected chi connectivity index (χ3v) is 17.9. The van der Waals surface area contributed by atoms with Gasteiger partial charge in [0.05, 0.1) is 38.7 Å². The van der Waals surface area contributed by atoms with E-state index in [1.165, 1.54) is 127 Å². The minimum atomic E-state index is 0.537. The van der Waals surface area contributed by atoms with Crippen molar-refractivity contribution in [2.24, 2.45) is 0 Å². The standard InChI is InChI=1S/C39H26N2O.C33H22N2.C2H6/c1-4-11-32-26(8-1)21-28-22-27-20-24(16-18-33(27)40(28)32)25-17-19-35-31(23-25)29-9-2-5-12-34(29)41(35)36-13-7-15-38-39(36)30-10-3-6-14-37(30)42-38;1-3-10-29-22(6-1)17-24-18-23-16-20(13-15-30(23)34(24)29)21-12-14-26-28-9-5-8-27-25-7-2-4-11-31(25)35(33(27)28)32(26)19-21;1-2/h1-20,23,28H,21-22H2;1-16,19,24H,17-18H2;1-2H3. The van der Waals surface area contributed by atoms with Gasteiger partial charge in [-0.2, -0.15) is 0 Å². The van der Waals surface area contributed by atoms with Gasteiger partial charge in [-0.25, -0.2) is 0 Å². The second kappa shape index (κ2) is 17.0. The Kier molecular flexibility index (Phi) is 9.56. The molecule has 0 amide bonds. The molecule has 376 valence electrons. The molecule has 8 heterocycles. The Labute approximate surface area is 457 Å². The summed E-state index contributed by atoms with van der Waals surface area (Å²) in [6.07, 6.45) is 4.50. The van der Waals surface area contributed by atoms with Crippen molar-refractivity contribution in [2.75, 3.05) is 9.80 Å². The highest BCUT2D eigenvalue weighted by molar-refractivity contribution is 6.23. The van der Waals surface area contributed by atoms with Crippen LogP contribution < -0.4 is 9.80 Å². The molecule has 0 N–H and O–H groups in total. The zero-order valence-electron chi connectivity index (χ0n) is 44.1. The molecule has 0 fully saturated rings. The van der Waals surface area contributed by atoms with Gasteiger partial charge in [0.2, 0.25) is 0 Å². The Morgan fingerprint density at radius 2 is 0.772 bits per heavy atom. The summed E-state index contributed by atoms with van der Waals surface area (Å²) < 4.78 is 11.1. The first-order chi connectivity index (χ1) is 39.2. The van der Waals surface area contributed by atoms with Gasteiger partial charge in [0.25, 0.3) is 0 Å². The molecule has 0 saturated carbocycles. The minimum Gasteiger partial charge on any atom is -0.456 e. The van der Waals surface area contributed by atoms with Crippen LogP contribution in [0.4, 0.5) is 22.7 Å². The first kappa shape index (κ1) is 44.5. The van der Waals surface area contributed by atoms with Crippen LogP contribution in [0.1, 0.15) is 36.1 Å². The van der Waals surface area contributed by atoms with Crippen molar-refractivity contribution in [1.82, 2.24) is 8.97 Å². The largest absolute Gasteiger partial charge is 0.456 e. The van der Waals surface area contributed by atoms with Crippen molar-refractivity contribution >= 4 is 105 Å². The van der Waals surface area contributed by atoms with Crippen molar-refractivity contribution in [2.45, 2.75) is 51.6 Å². The highest BCUT2D eigenvalue weighted by Gasteiger charge is 2.38. The van der Waals surface area contributed by atoms with Gasteiger partial charge >= 0.3 is 0 Å². The van der Waals surface area contributed by atoms with Crippen molar-refractivity contribution in [1.29, 1.82) is 0 Å². The number of para-hydroxylation sites is 6. The Bertz CT molecular complexity index is 4990. The molecule has 2 atom stereocenters. The molecule has 0 radical (unpaired) electrons. The highest BCUT2D eigenvalue weighted by atomic mass is 16.3. The number of fused-ring (bicyclic) bond motifs is 22. The van der Waals surface area contributed by atoms with Crippen LogP contribution in [0.15, 0.2) is 235 Å². The summed E-state index contributed by atoms with van der Waals surface area (Å²) in [5.41, 5.74) is 25.9. The third kappa shape index (κ3) is 6.39. The van der Waals surface area contributed by atoms with Gasteiger partial charge in [-0.1, -0.05) is 159 Å². The quantitative estimate of drug-likeness (QED) is 0.177. The molecule has 2 unspecified atom stereocenters. The fraction of sp³-hybridized carbons (Fsp3) is 0.108. The van der Waals surface area contributed by atoms with Crippen LogP contribution in [-0.2, 0) is 25.7 Å². The van der Waals surface area contributed by atoms with Crippen LogP contribution in [0, 0.1) is 0 Å². The molecule has 4 aromatic heterocycles. The molecule has 15 aromatic rings. The van der Waals surface area contributed by atoms with Crippen LogP contribution in [0.3, 0.4) is 0 Å². The minimum absolute atomic E-state index is 0.537. The fourth-order valence-corrected chi connectivity index (χ4v) is 14.7. The number of hydrogen-bond acceptors (Lipinski definition) is 3. The molecular weight excluding hydrogens is 961 g/mol. The van der Waals surface area contributed by atoms with E-state index in [0.717, 1.165) is 53.3 Å². The molecule has 5 nitrogen and oxygen atoms in total. The first-order valence-corrected chi connectivity index (χ1v) is 28.3. The van der Waals surface area contributed by atoms with E-state index in [4.69, 9.17) is 4.42 Å². The lowest BCUT2D eigenvalue weighted by molar-refractivity contribution is 0.669. The van der Waals surface area contributed by atoms with Crippen LogP contribution in [-0.4, -0.2) is 21.1 Å². The molecule has 79 heavy (non-hydrogen) atoms. The molecule has 0 saturated heterocycles. The van der Waals surface area contributed by atoms with Crippen LogP contribution >= 0.6 is 0 Å². The van der Waals surface area contributed by atoms with E-state index < -0.39 is 0 Å². The number of benzene rings is 11. The topological polar surface area (TPSA) is 29.0 Å². The van der Waals surface area contributed by atoms with Crippen molar-refractivity contribution in [3.63, 3.8) is 0 Å². The van der Waals surface area contributed by atoms with E-state index in [9.17, 15) is 0 Å². The summed E-state index contributed by atoms with van der Waals surface area (Å²) in [4.78, 5) is 5.13.